The number of hydrogen-bond donors (Lipinski definition) is 3. The van der Waals surface area contributed by atoms with Crippen molar-refractivity contribution in [1.29, 1.82) is 0 Å². The fourth-order valence-corrected chi connectivity index (χ4v) is 2.94. The first-order valence-electron chi connectivity index (χ1n) is 10.6. The molecule has 0 aliphatic carbocycles. The largest absolute Gasteiger partial charge is 0.491 e. The molecule has 2 rings (SSSR count). The number of amides is 1. The van der Waals surface area contributed by atoms with Crippen LogP contribution >= 0.6 is 0 Å². The van der Waals surface area contributed by atoms with Crippen LogP contribution in [0.2, 0.25) is 0 Å². The highest BCUT2D eigenvalue weighted by Crippen LogP contribution is 2.20. The van der Waals surface area contributed by atoms with Gasteiger partial charge in [-0.15, -0.1) is 0 Å². The number of nitrogens with zero attached hydrogens (tertiary/aromatic N) is 1. The number of benzene rings is 2. The van der Waals surface area contributed by atoms with E-state index in [1.165, 1.54) is 0 Å². The monoisotopic (exact) mass is 426 g/mol. The Morgan fingerprint density at radius 1 is 0.968 bits per heavy atom. The Bertz CT molecular complexity index is 868. The van der Waals surface area contributed by atoms with Crippen LogP contribution in [0.15, 0.2) is 47.5 Å². The Hall–Kier alpha value is -3.06. The highest BCUT2D eigenvalue weighted by Gasteiger charge is 2.07. The second-order valence-electron chi connectivity index (χ2n) is 7.13. The zero-order valence-corrected chi connectivity index (χ0v) is 19.0. The molecule has 1 amide bonds. The van der Waals surface area contributed by atoms with Crippen LogP contribution in [-0.2, 0) is 11.3 Å². The van der Waals surface area contributed by atoms with E-state index in [0.29, 0.717) is 51.0 Å². The minimum absolute atomic E-state index is 0.0815. The van der Waals surface area contributed by atoms with Gasteiger partial charge in [-0.25, -0.2) is 0 Å². The minimum atomic E-state index is -0.0815. The zero-order chi connectivity index (χ0) is 22.5. The molecule has 0 heterocycles. The maximum atomic E-state index is 12.2. The fourth-order valence-electron chi connectivity index (χ4n) is 2.94. The lowest BCUT2D eigenvalue weighted by molar-refractivity contribution is 0.0954. The number of guanidine groups is 1. The third-order valence-corrected chi connectivity index (χ3v) is 4.57. The molecule has 0 bridgehead atoms. The summed E-state index contributed by atoms with van der Waals surface area (Å²) in [6.07, 6.45) is 0. The molecule has 31 heavy (non-hydrogen) atoms. The van der Waals surface area contributed by atoms with Gasteiger partial charge in [0.25, 0.3) is 5.91 Å². The molecule has 168 valence electrons. The fraction of sp³-hybridized carbons (Fsp3) is 0.417. The van der Waals surface area contributed by atoms with Gasteiger partial charge >= 0.3 is 0 Å². The molecule has 2 aromatic rings. The van der Waals surface area contributed by atoms with Gasteiger partial charge in [-0.05, 0) is 44.5 Å². The predicted molar refractivity (Wildman–Crippen MR) is 125 cm³/mol. The first-order valence-corrected chi connectivity index (χ1v) is 10.6. The van der Waals surface area contributed by atoms with Gasteiger partial charge in [-0.1, -0.05) is 29.8 Å². The average Bonchev–Trinajstić information content (AvgIpc) is 2.77. The number of carbonyl (C=O) groups excluding carboxylic acids is 1. The third kappa shape index (κ3) is 8.68. The van der Waals surface area contributed by atoms with Crippen molar-refractivity contribution in [2.24, 2.45) is 4.99 Å². The molecule has 0 aliphatic rings. The summed E-state index contributed by atoms with van der Waals surface area (Å²) in [6, 6.07) is 13.7. The Morgan fingerprint density at radius 2 is 1.74 bits per heavy atom. The summed E-state index contributed by atoms with van der Waals surface area (Å²) in [6.45, 7) is 9.35. The Labute approximate surface area is 185 Å². The lowest BCUT2D eigenvalue weighted by Crippen LogP contribution is -2.41. The van der Waals surface area contributed by atoms with Gasteiger partial charge in [0.05, 0.1) is 6.61 Å². The number of ether oxygens (including phenoxy) is 2. The number of nitrogens with one attached hydrogen (secondary N) is 3. The third-order valence-electron chi connectivity index (χ3n) is 4.57. The van der Waals surface area contributed by atoms with Gasteiger partial charge in [-0.3, -0.25) is 9.79 Å². The first-order chi connectivity index (χ1) is 15.0. The van der Waals surface area contributed by atoms with E-state index < -0.39 is 0 Å². The van der Waals surface area contributed by atoms with Crippen LogP contribution in [0, 0.1) is 13.8 Å². The molecular weight excluding hydrogens is 392 g/mol. The van der Waals surface area contributed by atoms with Gasteiger partial charge in [0.1, 0.15) is 12.4 Å². The highest BCUT2D eigenvalue weighted by atomic mass is 16.5. The number of carbonyl (C=O) groups is 1. The van der Waals surface area contributed by atoms with Gasteiger partial charge in [0, 0.05) is 44.4 Å². The molecular formula is C24H34N4O3. The van der Waals surface area contributed by atoms with Gasteiger partial charge < -0.3 is 25.4 Å². The normalized spacial score (nSPS) is 11.2. The highest BCUT2D eigenvalue weighted by molar-refractivity contribution is 5.94. The van der Waals surface area contributed by atoms with E-state index in [1.54, 1.807) is 7.05 Å². The Balaban J connectivity index is 1.78. The lowest BCUT2D eigenvalue weighted by Gasteiger charge is -2.16. The maximum Gasteiger partial charge on any atom is 0.251 e. The van der Waals surface area contributed by atoms with Gasteiger partial charge in [-0.2, -0.15) is 0 Å². The van der Waals surface area contributed by atoms with Crippen LogP contribution < -0.4 is 20.7 Å². The van der Waals surface area contributed by atoms with Gasteiger partial charge in [0.15, 0.2) is 5.96 Å². The summed E-state index contributed by atoms with van der Waals surface area (Å²) in [5.41, 5.74) is 3.91. The first kappa shape index (κ1) is 24.2. The van der Waals surface area contributed by atoms with Crippen molar-refractivity contribution in [3.05, 3.63) is 64.7 Å². The van der Waals surface area contributed by atoms with Crippen molar-refractivity contribution in [2.45, 2.75) is 27.3 Å². The van der Waals surface area contributed by atoms with Crippen molar-refractivity contribution in [2.75, 3.05) is 40.0 Å². The van der Waals surface area contributed by atoms with Crippen LogP contribution in [0.3, 0.4) is 0 Å². The molecule has 0 unspecified atom stereocenters. The summed E-state index contributed by atoms with van der Waals surface area (Å²) in [5.74, 6) is 1.42. The van der Waals surface area contributed by atoms with Crippen LogP contribution in [0.5, 0.6) is 5.75 Å². The number of aliphatic imine (C=N–C) groups is 1. The molecule has 0 radical (unpaired) electrons. The number of hydrogen-bond acceptors (Lipinski definition) is 4. The second-order valence-corrected chi connectivity index (χ2v) is 7.13. The number of rotatable bonds is 11. The van der Waals surface area contributed by atoms with Crippen LogP contribution in [0.4, 0.5) is 0 Å². The molecule has 2 aromatic carbocycles. The predicted octanol–water partition coefficient (Wildman–Crippen LogP) is 2.81. The molecule has 7 heteroatoms. The van der Waals surface area contributed by atoms with Crippen LogP contribution in [-0.4, -0.2) is 51.8 Å². The molecule has 0 saturated carbocycles. The average molecular weight is 427 g/mol. The van der Waals surface area contributed by atoms with Crippen molar-refractivity contribution < 1.29 is 14.3 Å². The SMILES string of the molecule is CCOCCOc1cc(C)ccc1CNC(=NC)NCCNC(=O)c1cccc(C)c1. The van der Waals surface area contributed by atoms with Crippen molar-refractivity contribution >= 4 is 11.9 Å². The summed E-state index contributed by atoms with van der Waals surface area (Å²) in [4.78, 5) is 16.5. The summed E-state index contributed by atoms with van der Waals surface area (Å²) in [5, 5.41) is 9.41. The Kier molecular flexibility index (Phi) is 10.4. The van der Waals surface area contributed by atoms with Crippen LogP contribution in [0.25, 0.3) is 0 Å². The smallest absolute Gasteiger partial charge is 0.251 e. The molecule has 0 atom stereocenters. The van der Waals surface area contributed by atoms with E-state index in [9.17, 15) is 4.79 Å². The lowest BCUT2D eigenvalue weighted by atomic mass is 10.1. The summed E-state index contributed by atoms with van der Waals surface area (Å²) < 4.78 is 11.2. The molecule has 3 N–H and O–H groups in total. The maximum absolute atomic E-state index is 12.2. The summed E-state index contributed by atoms with van der Waals surface area (Å²) >= 11 is 0. The molecule has 0 fully saturated rings. The summed E-state index contributed by atoms with van der Waals surface area (Å²) in [7, 11) is 1.72. The second kappa shape index (κ2) is 13.3. The molecule has 0 spiro atoms. The molecule has 7 nitrogen and oxygen atoms in total. The topological polar surface area (TPSA) is 84.0 Å². The quantitative estimate of drug-likeness (QED) is 0.292. The molecule has 0 aromatic heterocycles. The van der Waals surface area contributed by atoms with Gasteiger partial charge in [0.2, 0.25) is 0 Å². The number of aryl methyl sites for hydroxylation is 2. The molecule has 0 aliphatic heterocycles. The van der Waals surface area contributed by atoms with E-state index in [1.807, 2.05) is 57.2 Å². The van der Waals surface area contributed by atoms with Crippen molar-refractivity contribution in [1.82, 2.24) is 16.0 Å². The minimum Gasteiger partial charge on any atom is -0.491 e. The van der Waals surface area contributed by atoms with E-state index >= 15 is 0 Å². The van der Waals surface area contributed by atoms with E-state index in [-0.39, 0.29) is 5.91 Å². The zero-order valence-electron chi connectivity index (χ0n) is 19.0. The van der Waals surface area contributed by atoms with Crippen LogP contribution in [0.1, 0.15) is 34.0 Å². The molecule has 0 saturated heterocycles. The van der Waals surface area contributed by atoms with E-state index in [2.05, 4.69) is 27.0 Å². The standard InChI is InChI=1S/C24H34N4O3/c1-5-30-13-14-31-22-16-19(3)9-10-21(22)17-28-24(25-4)27-12-11-26-23(29)20-8-6-7-18(2)15-20/h6-10,15-16H,5,11-14,17H2,1-4H3,(H,26,29)(H2,25,27,28). The van der Waals surface area contributed by atoms with E-state index in [0.717, 1.165) is 22.4 Å². The van der Waals surface area contributed by atoms with E-state index in [4.69, 9.17) is 9.47 Å². The van der Waals surface area contributed by atoms with Crippen molar-refractivity contribution in [3.8, 4) is 5.75 Å². The van der Waals surface area contributed by atoms with Crippen molar-refractivity contribution in [3.63, 3.8) is 0 Å². The Morgan fingerprint density at radius 3 is 2.48 bits per heavy atom.